The molecule has 3 nitrogen and oxygen atoms in total. The molecular formula is C12H23N3. The lowest BCUT2D eigenvalue weighted by molar-refractivity contribution is 0.594. The molecular weight excluding hydrogens is 186 g/mol. The van der Waals surface area contributed by atoms with Crippen molar-refractivity contribution in [3.8, 4) is 0 Å². The lowest BCUT2D eigenvalue weighted by Crippen LogP contribution is -2.14. The molecule has 0 aliphatic carbocycles. The molecule has 0 amide bonds. The molecule has 1 aromatic rings. The average Bonchev–Trinajstić information content (AvgIpc) is 2.59. The van der Waals surface area contributed by atoms with E-state index < -0.39 is 0 Å². The summed E-state index contributed by atoms with van der Waals surface area (Å²) >= 11 is 0. The number of hydrogen-bond donors (Lipinski definition) is 1. The van der Waals surface area contributed by atoms with E-state index in [2.05, 4.69) is 24.3 Å². The van der Waals surface area contributed by atoms with Gasteiger partial charge in [-0.3, -0.25) is 4.68 Å². The zero-order valence-corrected chi connectivity index (χ0v) is 10.2. The summed E-state index contributed by atoms with van der Waals surface area (Å²) in [5, 5.41) is 7.59. The predicted molar refractivity (Wildman–Crippen MR) is 65.1 cm³/mol. The Morgan fingerprint density at radius 1 is 1.40 bits per heavy atom. The van der Waals surface area contributed by atoms with Crippen LogP contribution in [0.15, 0.2) is 12.4 Å². The molecule has 0 bridgehead atoms. The van der Waals surface area contributed by atoms with Crippen LogP contribution in [0.5, 0.6) is 0 Å². The van der Waals surface area contributed by atoms with E-state index in [0.29, 0.717) is 6.04 Å². The molecule has 0 fully saturated rings. The third kappa shape index (κ3) is 4.86. The van der Waals surface area contributed by atoms with E-state index in [1.165, 1.54) is 32.1 Å². The number of aryl methyl sites for hydroxylation is 1. The van der Waals surface area contributed by atoms with Gasteiger partial charge in [0.1, 0.15) is 0 Å². The maximum atomic E-state index is 4.13. The topological polar surface area (TPSA) is 29.9 Å². The van der Waals surface area contributed by atoms with Crippen molar-refractivity contribution in [1.29, 1.82) is 0 Å². The maximum Gasteiger partial charge on any atom is 0.0728 e. The van der Waals surface area contributed by atoms with Crippen LogP contribution in [0.1, 0.15) is 46.0 Å². The second-order valence-electron chi connectivity index (χ2n) is 4.30. The number of nitrogens with zero attached hydrogens (tertiary/aromatic N) is 2. The van der Waals surface area contributed by atoms with E-state index in [-0.39, 0.29) is 0 Å². The van der Waals surface area contributed by atoms with Crippen LogP contribution in [0.2, 0.25) is 0 Å². The molecule has 1 rings (SSSR count). The molecule has 3 heteroatoms. The number of hydrogen-bond acceptors (Lipinski definition) is 2. The van der Waals surface area contributed by atoms with Crippen LogP contribution >= 0.6 is 0 Å². The van der Waals surface area contributed by atoms with Crippen LogP contribution in [0.3, 0.4) is 0 Å². The van der Waals surface area contributed by atoms with E-state index >= 15 is 0 Å². The second kappa shape index (κ2) is 6.49. The summed E-state index contributed by atoms with van der Waals surface area (Å²) in [6.07, 6.45) is 10.5. The minimum atomic E-state index is 0.547. The third-order valence-electron chi connectivity index (χ3n) is 2.61. The van der Waals surface area contributed by atoms with Gasteiger partial charge in [0, 0.05) is 19.3 Å². The fraction of sp³-hybridized carbons (Fsp3) is 0.750. The van der Waals surface area contributed by atoms with Crippen molar-refractivity contribution >= 4 is 5.69 Å². The lowest BCUT2D eigenvalue weighted by Gasteiger charge is -2.12. The number of unbranched alkanes of at least 4 members (excludes halogenated alkanes) is 3. The monoisotopic (exact) mass is 209 g/mol. The zero-order chi connectivity index (χ0) is 11.1. The van der Waals surface area contributed by atoms with E-state index in [9.17, 15) is 0 Å². The quantitative estimate of drug-likeness (QED) is 0.699. The van der Waals surface area contributed by atoms with Crippen molar-refractivity contribution < 1.29 is 0 Å². The molecule has 1 atom stereocenters. The normalized spacial score (nSPS) is 12.7. The van der Waals surface area contributed by atoms with E-state index in [1.54, 1.807) is 0 Å². The molecule has 0 aliphatic heterocycles. The molecule has 0 aliphatic rings. The molecule has 0 aromatic carbocycles. The standard InChI is InChI=1S/C12H23N3/c1-4-5-6-7-8-11(2)14-12-9-13-15(3)10-12/h9-11,14H,4-8H2,1-3H3. The first kappa shape index (κ1) is 12.1. The van der Waals surface area contributed by atoms with Gasteiger partial charge in [-0.1, -0.05) is 32.6 Å². The largest absolute Gasteiger partial charge is 0.380 e. The van der Waals surface area contributed by atoms with Crippen LogP contribution < -0.4 is 5.32 Å². The zero-order valence-electron chi connectivity index (χ0n) is 10.2. The van der Waals surface area contributed by atoms with Gasteiger partial charge in [-0.25, -0.2) is 0 Å². The molecule has 1 heterocycles. The summed E-state index contributed by atoms with van der Waals surface area (Å²) in [5.41, 5.74) is 1.13. The first-order valence-electron chi connectivity index (χ1n) is 5.97. The Kier molecular flexibility index (Phi) is 5.22. The summed E-state index contributed by atoms with van der Waals surface area (Å²) in [6.45, 7) is 4.48. The highest BCUT2D eigenvalue weighted by Crippen LogP contribution is 2.11. The van der Waals surface area contributed by atoms with Crippen LogP contribution in [0, 0.1) is 0 Å². The Balaban J connectivity index is 2.15. The Labute approximate surface area is 92.9 Å². The maximum absolute atomic E-state index is 4.13. The van der Waals surface area contributed by atoms with Gasteiger partial charge in [0.05, 0.1) is 11.9 Å². The van der Waals surface area contributed by atoms with Crippen molar-refractivity contribution in [3.63, 3.8) is 0 Å². The molecule has 1 unspecified atom stereocenters. The van der Waals surface area contributed by atoms with E-state index in [1.807, 2.05) is 24.1 Å². The van der Waals surface area contributed by atoms with Crippen molar-refractivity contribution in [1.82, 2.24) is 9.78 Å². The minimum absolute atomic E-state index is 0.547. The molecule has 86 valence electrons. The molecule has 0 spiro atoms. The van der Waals surface area contributed by atoms with Gasteiger partial charge in [-0.05, 0) is 13.3 Å². The van der Waals surface area contributed by atoms with E-state index in [0.717, 1.165) is 5.69 Å². The number of anilines is 1. The molecule has 1 N–H and O–H groups in total. The summed E-state index contributed by atoms with van der Waals surface area (Å²) < 4.78 is 1.83. The highest BCUT2D eigenvalue weighted by Gasteiger charge is 2.02. The first-order chi connectivity index (χ1) is 7.22. The van der Waals surface area contributed by atoms with Crippen molar-refractivity contribution in [2.45, 2.75) is 52.0 Å². The van der Waals surface area contributed by atoms with Gasteiger partial charge < -0.3 is 5.32 Å². The number of nitrogens with one attached hydrogen (secondary N) is 1. The van der Waals surface area contributed by atoms with Crippen LogP contribution in [0.25, 0.3) is 0 Å². The lowest BCUT2D eigenvalue weighted by atomic mass is 10.1. The van der Waals surface area contributed by atoms with Crippen LogP contribution in [-0.4, -0.2) is 15.8 Å². The van der Waals surface area contributed by atoms with Gasteiger partial charge in [-0.2, -0.15) is 5.10 Å². The molecule has 0 saturated carbocycles. The van der Waals surface area contributed by atoms with Crippen molar-refractivity contribution in [2.75, 3.05) is 5.32 Å². The van der Waals surface area contributed by atoms with Gasteiger partial charge in [0.25, 0.3) is 0 Å². The highest BCUT2D eigenvalue weighted by molar-refractivity contribution is 5.38. The fourth-order valence-electron chi connectivity index (χ4n) is 1.73. The SMILES string of the molecule is CCCCCCC(C)Nc1cnn(C)c1. The van der Waals surface area contributed by atoms with Gasteiger partial charge in [0.2, 0.25) is 0 Å². The minimum Gasteiger partial charge on any atom is -0.380 e. The van der Waals surface area contributed by atoms with Gasteiger partial charge in [-0.15, -0.1) is 0 Å². The Morgan fingerprint density at radius 3 is 2.80 bits per heavy atom. The summed E-state index contributed by atoms with van der Waals surface area (Å²) in [6, 6.07) is 0.547. The fourth-order valence-corrected chi connectivity index (χ4v) is 1.73. The van der Waals surface area contributed by atoms with Gasteiger partial charge in [0.15, 0.2) is 0 Å². The Bertz CT molecular complexity index is 268. The first-order valence-corrected chi connectivity index (χ1v) is 5.97. The number of aromatic nitrogens is 2. The highest BCUT2D eigenvalue weighted by atomic mass is 15.3. The second-order valence-corrected chi connectivity index (χ2v) is 4.30. The average molecular weight is 209 g/mol. The molecule has 0 saturated heterocycles. The van der Waals surface area contributed by atoms with Crippen LogP contribution in [-0.2, 0) is 7.05 Å². The van der Waals surface area contributed by atoms with Crippen LogP contribution in [0.4, 0.5) is 5.69 Å². The van der Waals surface area contributed by atoms with Crippen molar-refractivity contribution in [2.24, 2.45) is 7.05 Å². The predicted octanol–water partition coefficient (Wildman–Crippen LogP) is 3.19. The van der Waals surface area contributed by atoms with E-state index in [4.69, 9.17) is 0 Å². The Hall–Kier alpha value is -0.990. The summed E-state index contributed by atoms with van der Waals surface area (Å²) in [4.78, 5) is 0. The molecule has 0 radical (unpaired) electrons. The molecule has 15 heavy (non-hydrogen) atoms. The molecule has 1 aromatic heterocycles. The van der Waals surface area contributed by atoms with Gasteiger partial charge >= 0.3 is 0 Å². The Morgan fingerprint density at radius 2 is 2.20 bits per heavy atom. The smallest absolute Gasteiger partial charge is 0.0728 e. The number of rotatable bonds is 7. The van der Waals surface area contributed by atoms with Crippen molar-refractivity contribution in [3.05, 3.63) is 12.4 Å². The summed E-state index contributed by atoms with van der Waals surface area (Å²) in [5.74, 6) is 0. The third-order valence-corrected chi connectivity index (χ3v) is 2.61. The summed E-state index contributed by atoms with van der Waals surface area (Å²) in [7, 11) is 1.94.